The van der Waals surface area contributed by atoms with Crippen LogP contribution in [-0.4, -0.2) is 26.5 Å². The highest BCUT2D eigenvalue weighted by atomic mass is 32.2. The monoisotopic (exact) mass is 346 g/mol. The van der Waals surface area contributed by atoms with Crippen LogP contribution in [0.5, 0.6) is 0 Å². The average molecular weight is 346 g/mol. The standard InChI is InChI=1S/C20H26O3S/c1-3-4-5-6-7-17-14-18(21)12-13-20(17,22)15-24(23)19-10-8-16(2)9-11-19/h6-13,17,22H,3-5,14-15H2,1-2H3/b7-6+/t17-,20-,24+/m0/s1. The number of benzene rings is 1. The highest BCUT2D eigenvalue weighted by Gasteiger charge is 2.38. The maximum atomic E-state index is 12.6. The van der Waals surface area contributed by atoms with Gasteiger partial charge in [0.1, 0.15) is 5.60 Å². The van der Waals surface area contributed by atoms with Crippen LogP contribution < -0.4 is 0 Å². The van der Waals surface area contributed by atoms with Crippen LogP contribution in [0, 0.1) is 12.8 Å². The van der Waals surface area contributed by atoms with E-state index in [1.165, 1.54) is 12.2 Å². The molecule has 3 nitrogen and oxygen atoms in total. The Morgan fingerprint density at radius 3 is 2.71 bits per heavy atom. The molecule has 130 valence electrons. The Hall–Kier alpha value is -1.52. The van der Waals surface area contributed by atoms with Crippen LogP contribution in [-0.2, 0) is 15.6 Å². The number of carbonyl (C=O) groups is 1. The van der Waals surface area contributed by atoms with Crippen molar-refractivity contribution in [3.05, 3.63) is 54.1 Å². The first kappa shape index (κ1) is 18.8. The van der Waals surface area contributed by atoms with Crippen molar-refractivity contribution in [2.75, 3.05) is 5.75 Å². The van der Waals surface area contributed by atoms with E-state index in [0.717, 1.165) is 24.8 Å². The second kappa shape index (κ2) is 8.54. The van der Waals surface area contributed by atoms with Gasteiger partial charge in [-0.15, -0.1) is 0 Å². The molecule has 1 aromatic rings. The first-order valence-corrected chi connectivity index (χ1v) is 9.82. The van der Waals surface area contributed by atoms with Gasteiger partial charge in [0, 0.05) is 17.2 Å². The fraction of sp³-hybridized carbons (Fsp3) is 0.450. The van der Waals surface area contributed by atoms with Gasteiger partial charge in [-0.3, -0.25) is 9.00 Å². The average Bonchev–Trinajstić information content (AvgIpc) is 2.55. The number of carbonyl (C=O) groups excluding carboxylic acids is 1. The Bertz CT molecular complexity index is 645. The summed E-state index contributed by atoms with van der Waals surface area (Å²) in [5, 5.41) is 11.0. The molecule has 1 N–H and O–H groups in total. The summed E-state index contributed by atoms with van der Waals surface area (Å²) in [5.41, 5.74) is -0.138. The van der Waals surface area contributed by atoms with Crippen LogP contribution in [0.25, 0.3) is 0 Å². The zero-order chi connectivity index (χ0) is 17.6. The van der Waals surface area contributed by atoms with E-state index in [4.69, 9.17) is 0 Å². The summed E-state index contributed by atoms with van der Waals surface area (Å²) in [6.07, 6.45) is 10.3. The van der Waals surface area contributed by atoms with Gasteiger partial charge in [0.05, 0.1) is 16.6 Å². The molecule has 3 atom stereocenters. The molecule has 1 aliphatic carbocycles. The summed E-state index contributed by atoms with van der Waals surface area (Å²) >= 11 is 0. The van der Waals surface area contributed by atoms with Crippen molar-refractivity contribution in [1.82, 2.24) is 0 Å². The fourth-order valence-corrected chi connectivity index (χ4v) is 4.11. The lowest BCUT2D eigenvalue weighted by atomic mass is 9.80. The zero-order valence-corrected chi connectivity index (χ0v) is 15.2. The number of hydrogen-bond donors (Lipinski definition) is 1. The van der Waals surface area contributed by atoms with E-state index in [1.54, 1.807) is 0 Å². The zero-order valence-electron chi connectivity index (χ0n) is 14.4. The van der Waals surface area contributed by atoms with Crippen LogP contribution in [0.1, 0.15) is 38.2 Å². The molecule has 0 spiro atoms. The molecule has 0 amide bonds. The summed E-state index contributed by atoms with van der Waals surface area (Å²) in [6.45, 7) is 4.11. The SMILES string of the molecule is CCCC/C=C/[C@H]1CC(=O)C=C[C@]1(O)C[S@@](=O)c1ccc(C)cc1. The third kappa shape index (κ3) is 4.99. The number of rotatable bonds is 7. The highest BCUT2D eigenvalue weighted by Crippen LogP contribution is 2.31. The summed E-state index contributed by atoms with van der Waals surface area (Å²) in [6, 6.07) is 7.50. The lowest BCUT2D eigenvalue weighted by Crippen LogP contribution is -2.43. The molecular weight excluding hydrogens is 320 g/mol. The quantitative estimate of drug-likeness (QED) is 0.605. The maximum absolute atomic E-state index is 12.6. The highest BCUT2D eigenvalue weighted by molar-refractivity contribution is 7.85. The van der Waals surface area contributed by atoms with E-state index in [1.807, 2.05) is 43.3 Å². The van der Waals surface area contributed by atoms with E-state index in [9.17, 15) is 14.1 Å². The van der Waals surface area contributed by atoms with Crippen molar-refractivity contribution in [2.24, 2.45) is 5.92 Å². The maximum Gasteiger partial charge on any atom is 0.156 e. The molecule has 0 bridgehead atoms. The van der Waals surface area contributed by atoms with Crippen molar-refractivity contribution in [2.45, 2.75) is 50.0 Å². The third-order valence-electron chi connectivity index (χ3n) is 4.36. The van der Waals surface area contributed by atoms with E-state index in [2.05, 4.69) is 6.92 Å². The summed E-state index contributed by atoms with van der Waals surface area (Å²) in [4.78, 5) is 12.4. The van der Waals surface area contributed by atoms with Crippen LogP contribution in [0.2, 0.25) is 0 Å². The van der Waals surface area contributed by atoms with Crippen LogP contribution in [0.15, 0.2) is 53.5 Å². The number of aryl methyl sites for hydroxylation is 1. The third-order valence-corrected chi connectivity index (χ3v) is 5.88. The second-order valence-electron chi connectivity index (χ2n) is 6.47. The van der Waals surface area contributed by atoms with Crippen LogP contribution in [0.4, 0.5) is 0 Å². The fourth-order valence-electron chi connectivity index (χ4n) is 2.78. The molecule has 0 saturated carbocycles. The smallest absolute Gasteiger partial charge is 0.156 e. The summed E-state index contributed by atoms with van der Waals surface area (Å²) in [5.74, 6) is -0.213. The molecule has 0 fully saturated rings. The molecular formula is C20H26O3S. The first-order valence-electron chi connectivity index (χ1n) is 8.51. The Morgan fingerprint density at radius 1 is 1.33 bits per heavy atom. The van der Waals surface area contributed by atoms with Gasteiger partial charge in [0.2, 0.25) is 0 Å². The number of unbranched alkanes of at least 4 members (excludes halogenated alkanes) is 2. The molecule has 4 heteroatoms. The molecule has 0 radical (unpaired) electrons. The molecule has 24 heavy (non-hydrogen) atoms. The Morgan fingerprint density at radius 2 is 2.04 bits per heavy atom. The van der Waals surface area contributed by atoms with Crippen molar-refractivity contribution in [3.63, 3.8) is 0 Å². The minimum atomic E-state index is -1.32. The minimum Gasteiger partial charge on any atom is -0.384 e. The molecule has 2 rings (SSSR count). The van der Waals surface area contributed by atoms with Gasteiger partial charge in [0.15, 0.2) is 5.78 Å². The Balaban J connectivity index is 2.14. The Kier molecular flexibility index (Phi) is 6.69. The minimum absolute atomic E-state index is 0.00550. The van der Waals surface area contributed by atoms with Gasteiger partial charge in [-0.1, -0.05) is 49.6 Å². The molecule has 0 unspecified atom stereocenters. The van der Waals surface area contributed by atoms with Gasteiger partial charge in [-0.2, -0.15) is 0 Å². The predicted octanol–water partition coefficient (Wildman–Crippen LogP) is 3.73. The van der Waals surface area contributed by atoms with Gasteiger partial charge < -0.3 is 5.11 Å². The van der Waals surface area contributed by atoms with Crippen LogP contribution >= 0.6 is 0 Å². The van der Waals surface area contributed by atoms with Crippen molar-refractivity contribution >= 4 is 16.6 Å². The number of hydrogen-bond acceptors (Lipinski definition) is 3. The Labute approximate surface area is 146 Å². The van der Waals surface area contributed by atoms with E-state index >= 15 is 0 Å². The normalized spacial score (nSPS) is 25.3. The lowest BCUT2D eigenvalue weighted by molar-refractivity contribution is -0.117. The molecule has 1 aromatic carbocycles. The molecule has 0 heterocycles. The summed E-state index contributed by atoms with van der Waals surface area (Å²) < 4.78 is 12.6. The van der Waals surface area contributed by atoms with E-state index in [0.29, 0.717) is 4.90 Å². The lowest BCUT2D eigenvalue weighted by Gasteiger charge is -2.33. The van der Waals surface area contributed by atoms with Gasteiger partial charge >= 0.3 is 0 Å². The van der Waals surface area contributed by atoms with Gasteiger partial charge in [-0.25, -0.2) is 0 Å². The molecule has 0 saturated heterocycles. The van der Waals surface area contributed by atoms with Crippen molar-refractivity contribution in [1.29, 1.82) is 0 Å². The number of aliphatic hydroxyl groups is 1. The van der Waals surface area contributed by atoms with Gasteiger partial charge in [-0.05, 0) is 37.6 Å². The van der Waals surface area contributed by atoms with E-state index in [-0.39, 0.29) is 23.9 Å². The second-order valence-corrected chi connectivity index (χ2v) is 7.93. The predicted molar refractivity (Wildman–Crippen MR) is 98.3 cm³/mol. The van der Waals surface area contributed by atoms with E-state index < -0.39 is 16.4 Å². The molecule has 0 aliphatic heterocycles. The molecule has 1 aliphatic rings. The number of allylic oxidation sites excluding steroid dienone is 2. The largest absolute Gasteiger partial charge is 0.384 e. The topological polar surface area (TPSA) is 54.4 Å². The van der Waals surface area contributed by atoms with Crippen molar-refractivity contribution < 1.29 is 14.1 Å². The number of ketones is 1. The van der Waals surface area contributed by atoms with Gasteiger partial charge in [0.25, 0.3) is 0 Å². The summed E-state index contributed by atoms with van der Waals surface area (Å²) in [7, 11) is -1.32. The van der Waals surface area contributed by atoms with Crippen LogP contribution in [0.3, 0.4) is 0 Å². The van der Waals surface area contributed by atoms with Crippen molar-refractivity contribution in [3.8, 4) is 0 Å². The first-order chi connectivity index (χ1) is 11.4. The molecule has 0 aromatic heterocycles.